The molecule has 0 bridgehead atoms. The van der Waals surface area contributed by atoms with Crippen LogP contribution in [-0.4, -0.2) is 40.9 Å². The fraction of sp³-hybridized carbons (Fsp3) is 0.615. The molecule has 1 rings (SSSR count). The molecule has 0 saturated heterocycles. The first-order valence-corrected chi connectivity index (χ1v) is 6.60. The van der Waals surface area contributed by atoms with Gasteiger partial charge in [-0.25, -0.2) is 15.8 Å². The Balaban J connectivity index is 3.10. The van der Waals surface area contributed by atoms with E-state index in [4.69, 9.17) is 5.84 Å². The molecular weight excluding hydrogens is 256 g/mol. The Morgan fingerprint density at radius 2 is 1.75 bits per heavy atom. The molecule has 20 heavy (non-hydrogen) atoms. The van der Waals surface area contributed by atoms with Gasteiger partial charge in [0.1, 0.15) is 23.5 Å². The molecule has 112 valence electrons. The van der Waals surface area contributed by atoms with Gasteiger partial charge in [-0.1, -0.05) is 13.8 Å². The number of carbonyl (C=O) groups excluding carboxylic acids is 1. The highest BCUT2D eigenvalue weighted by atomic mass is 16.2. The molecule has 7 nitrogen and oxygen atoms in total. The molecule has 0 aliphatic carbocycles. The lowest BCUT2D eigenvalue weighted by Gasteiger charge is -2.21. The Labute approximate surface area is 119 Å². The van der Waals surface area contributed by atoms with Crippen LogP contribution in [0.1, 0.15) is 38.1 Å². The molecule has 1 unspecified atom stereocenters. The summed E-state index contributed by atoms with van der Waals surface area (Å²) in [5.74, 6) is 7.50. The molecule has 0 spiro atoms. The third-order valence-electron chi connectivity index (χ3n) is 2.98. The first kappa shape index (κ1) is 16.2. The number of nitrogens with two attached hydrogens (primary N) is 1. The molecule has 1 amide bonds. The molecule has 7 heteroatoms. The number of amides is 1. The van der Waals surface area contributed by atoms with Crippen molar-refractivity contribution in [2.24, 2.45) is 5.84 Å². The number of nitrogens with zero attached hydrogens (tertiary/aromatic N) is 3. The average Bonchev–Trinajstić information content (AvgIpc) is 2.39. The smallest absolute Gasteiger partial charge is 0.244 e. The highest BCUT2D eigenvalue weighted by Crippen LogP contribution is 2.23. The largest absolute Gasteiger partial charge is 0.358 e. The number of nitrogen functional groups attached to an aromatic ring is 1. The minimum atomic E-state index is -0.371. The van der Waals surface area contributed by atoms with Gasteiger partial charge in [-0.05, 0) is 13.8 Å². The SMILES string of the molecule is Cc1c(NN)nc(C(C)C)nc1NC(C)C(=O)N(C)C. The zero-order chi connectivity index (χ0) is 15.4. The topological polar surface area (TPSA) is 96.2 Å². The first-order valence-electron chi connectivity index (χ1n) is 6.60. The molecule has 1 aromatic rings. The van der Waals surface area contributed by atoms with Crippen molar-refractivity contribution in [3.63, 3.8) is 0 Å². The maximum Gasteiger partial charge on any atom is 0.244 e. The van der Waals surface area contributed by atoms with E-state index in [9.17, 15) is 4.79 Å². The van der Waals surface area contributed by atoms with Crippen LogP contribution < -0.4 is 16.6 Å². The number of hydrogen-bond donors (Lipinski definition) is 3. The van der Waals surface area contributed by atoms with E-state index in [1.165, 1.54) is 0 Å². The van der Waals surface area contributed by atoms with Crippen LogP contribution in [-0.2, 0) is 4.79 Å². The van der Waals surface area contributed by atoms with Crippen LogP contribution in [0.5, 0.6) is 0 Å². The minimum Gasteiger partial charge on any atom is -0.358 e. The van der Waals surface area contributed by atoms with Crippen molar-refractivity contribution in [1.82, 2.24) is 14.9 Å². The van der Waals surface area contributed by atoms with E-state index in [1.807, 2.05) is 20.8 Å². The van der Waals surface area contributed by atoms with Crippen molar-refractivity contribution in [2.75, 3.05) is 24.8 Å². The summed E-state index contributed by atoms with van der Waals surface area (Å²) in [6, 6.07) is -0.371. The average molecular weight is 280 g/mol. The van der Waals surface area contributed by atoms with Gasteiger partial charge in [0.05, 0.1) is 0 Å². The van der Waals surface area contributed by atoms with Crippen molar-refractivity contribution in [3.05, 3.63) is 11.4 Å². The molecule has 0 fully saturated rings. The molecule has 1 aromatic heterocycles. The fourth-order valence-corrected chi connectivity index (χ4v) is 1.73. The van der Waals surface area contributed by atoms with Crippen molar-refractivity contribution in [3.8, 4) is 0 Å². The quantitative estimate of drug-likeness (QED) is 0.552. The Bertz CT molecular complexity index is 486. The van der Waals surface area contributed by atoms with E-state index in [1.54, 1.807) is 25.9 Å². The van der Waals surface area contributed by atoms with Crippen LogP contribution in [0.4, 0.5) is 11.6 Å². The zero-order valence-corrected chi connectivity index (χ0v) is 13.0. The van der Waals surface area contributed by atoms with Gasteiger partial charge < -0.3 is 15.6 Å². The molecule has 0 saturated carbocycles. The minimum absolute atomic E-state index is 0.0173. The number of hydrogen-bond acceptors (Lipinski definition) is 6. The Morgan fingerprint density at radius 3 is 2.20 bits per heavy atom. The Hall–Kier alpha value is -1.89. The number of hydrazine groups is 1. The van der Waals surface area contributed by atoms with Gasteiger partial charge in [-0.2, -0.15) is 0 Å². The maximum absolute atomic E-state index is 11.9. The van der Waals surface area contributed by atoms with Crippen molar-refractivity contribution in [1.29, 1.82) is 0 Å². The van der Waals surface area contributed by atoms with Crippen molar-refractivity contribution < 1.29 is 4.79 Å². The van der Waals surface area contributed by atoms with E-state index in [-0.39, 0.29) is 17.9 Å². The summed E-state index contributed by atoms with van der Waals surface area (Å²) in [5.41, 5.74) is 3.36. The second-order valence-corrected chi connectivity index (χ2v) is 5.30. The van der Waals surface area contributed by atoms with Gasteiger partial charge in [0, 0.05) is 25.6 Å². The zero-order valence-electron chi connectivity index (χ0n) is 13.0. The summed E-state index contributed by atoms with van der Waals surface area (Å²) in [4.78, 5) is 22.3. The molecule has 0 aliphatic rings. The lowest BCUT2D eigenvalue weighted by Crippen LogP contribution is -2.37. The first-order chi connectivity index (χ1) is 9.27. The van der Waals surface area contributed by atoms with Crippen LogP contribution >= 0.6 is 0 Å². The van der Waals surface area contributed by atoms with Gasteiger partial charge in [-0.3, -0.25) is 4.79 Å². The van der Waals surface area contributed by atoms with Gasteiger partial charge in [-0.15, -0.1) is 0 Å². The number of anilines is 2. The molecular formula is C13H24N6O. The van der Waals surface area contributed by atoms with Gasteiger partial charge in [0.2, 0.25) is 5.91 Å². The van der Waals surface area contributed by atoms with E-state index in [0.717, 1.165) is 5.56 Å². The normalized spacial score (nSPS) is 12.2. The summed E-state index contributed by atoms with van der Waals surface area (Å²) in [7, 11) is 3.44. The highest BCUT2D eigenvalue weighted by Gasteiger charge is 2.18. The molecule has 0 aliphatic heterocycles. The van der Waals surface area contributed by atoms with E-state index < -0.39 is 0 Å². The van der Waals surface area contributed by atoms with Gasteiger partial charge >= 0.3 is 0 Å². The predicted octanol–water partition coefficient (Wildman–Crippen LogP) is 1.08. The molecule has 0 radical (unpaired) electrons. The third-order valence-corrected chi connectivity index (χ3v) is 2.98. The lowest BCUT2D eigenvalue weighted by molar-refractivity contribution is -0.129. The van der Waals surface area contributed by atoms with Crippen LogP contribution in [0.25, 0.3) is 0 Å². The maximum atomic E-state index is 11.9. The summed E-state index contributed by atoms with van der Waals surface area (Å²) in [6.07, 6.45) is 0. The predicted molar refractivity (Wildman–Crippen MR) is 80.4 cm³/mol. The second-order valence-electron chi connectivity index (χ2n) is 5.30. The summed E-state index contributed by atoms with van der Waals surface area (Å²) >= 11 is 0. The fourth-order valence-electron chi connectivity index (χ4n) is 1.73. The standard InChI is InChI=1S/C13H24N6O/c1-7(2)10-16-11(8(3)12(17-10)18-14)15-9(4)13(20)19(5)6/h7,9H,14H2,1-6H3,(H2,15,16,17,18). The Kier molecular flexibility index (Phi) is 5.26. The molecule has 0 aromatic carbocycles. The van der Waals surface area contributed by atoms with Gasteiger partial charge in [0.25, 0.3) is 0 Å². The number of rotatable bonds is 5. The molecule has 1 atom stereocenters. The number of likely N-dealkylation sites (N-methyl/N-ethyl adjacent to an activating group) is 1. The van der Waals surface area contributed by atoms with Crippen LogP contribution in [0.3, 0.4) is 0 Å². The highest BCUT2D eigenvalue weighted by molar-refractivity contribution is 5.84. The molecule has 1 heterocycles. The van der Waals surface area contributed by atoms with Crippen LogP contribution in [0, 0.1) is 6.92 Å². The van der Waals surface area contributed by atoms with Crippen LogP contribution in [0.15, 0.2) is 0 Å². The summed E-state index contributed by atoms with van der Waals surface area (Å²) in [6.45, 7) is 7.66. The Morgan fingerprint density at radius 1 is 1.20 bits per heavy atom. The molecule has 4 N–H and O–H groups in total. The third kappa shape index (κ3) is 3.57. The van der Waals surface area contributed by atoms with E-state index in [0.29, 0.717) is 17.5 Å². The second kappa shape index (κ2) is 6.51. The lowest BCUT2D eigenvalue weighted by atomic mass is 10.2. The number of aromatic nitrogens is 2. The number of nitrogens with one attached hydrogen (secondary N) is 2. The van der Waals surface area contributed by atoms with Crippen molar-refractivity contribution in [2.45, 2.75) is 39.7 Å². The monoisotopic (exact) mass is 280 g/mol. The van der Waals surface area contributed by atoms with Crippen LogP contribution in [0.2, 0.25) is 0 Å². The van der Waals surface area contributed by atoms with E-state index >= 15 is 0 Å². The van der Waals surface area contributed by atoms with Gasteiger partial charge in [0.15, 0.2) is 0 Å². The summed E-state index contributed by atoms with van der Waals surface area (Å²) < 4.78 is 0. The summed E-state index contributed by atoms with van der Waals surface area (Å²) in [5, 5.41) is 3.12. The van der Waals surface area contributed by atoms with E-state index in [2.05, 4.69) is 20.7 Å². The number of carbonyl (C=O) groups is 1. The van der Waals surface area contributed by atoms with Crippen molar-refractivity contribution >= 4 is 17.5 Å².